The summed E-state index contributed by atoms with van der Waals surface area (Å²) in [4.78, 5) is 4.31. The molecular weight excluding hydrogens is 260 g/mol. The van der Waals surface area contributed by atoms with Gasteiger partial charge in [0.2, 0.25) is 0 Å². The second-order valence-electron chi connectivity index (χ2n) is 5.09. The molecule has 0 saturated carbocycles. The van der Waals surface area contributed by atoms with Crippen molar-refractivity contribution in [2.75, 3.05) is 13.2 Å². The summed E-state index contributed by atoms with van der Waals surface area (Å²) in [7, 11) is 0. The molecule has 0 bridgehead atoms. The summed E-state index contributed by atoms with van der Waals surface area (Å²) >= 11 is 0. The maximum absolute atomic E-state index is 5.76. The lowest BCUT2D eigenvalue weighted by Crippen LogP contribution is -2.13. The minimum absolute atomic E-state index is 0.726. The van der Waals surface area contributed by atoms with E-state index >= 15 is 0 Å². The van der Waals surface area contributed by atoms with Crippen LogP contribution in [0.1, 0.15) is 31.0 Å². The van der Waals surface area contributed by atoms with E-state index in [-0.39, 0.29) is 0 Å². The van der Waals surface area contributed by atoms with E-state index in [0.717, 1.165) is 50.4 Å². The highest BCUT2D eigenvalue weighted by Crippen LogP contribution is 2.12. The topological polar surface area (TPSA) is 34.1 Å². The first-order valence-electron chi connectivity index (χ1n) is 7.71. The van der Waals surface area contributed by atoms with Crippen molar-refractivity contribution in [3.05, 3.63) is 59.9 Å². The molecule has 3 heteroatoms. The van der Waals surface area contributed by atoms with Gasteiger partial charge >= 0.3 is 0 Å². The number of ether oxygens (including phenoxy) is 1. The van der Waals surface area contributed by atoms with Gasteiger partial charge in [0.05, 0.1) is 6.61 Å². The third-order valence-electron chi connectivity index (χ3n) is 3.25. The van der Waals surface area contributed by atoms with Crippen molar-refractivity contribution in [1.82, 2.24) is 10.3 Å². The zero-order valence-corrected chi connectivity index (χ0v) is 12.7. The predicted molar refractivity (Wildman–Crippen MR) is 86.5 cm³/mol. The number of aryl methyl sites for hydroxylation is 1. The fourth-order valence-corrected chi connectivity index (χ4v) is 2.10. The average molecular weight is 284 g/mol. The third kappa shape index (κ3) is 5.96. The van der Waals surface area contributed by atoms with E-state index in [1.807, 2.05) is 30.5 Å². The van der Waals surface area contributed by atoms with Crippen molar-refractivity contribution in [2.24, 2.45) is 0 Å². The van der Waals surface area contributed by atoms with Crippen LogP contribution >= 0.6 is 0 Å². The number of rotatable bonds is 9. The normalized spacial score (nSPS) is 10.5. The van der Waals surface area contributed by atoms with E-state index in [4.69, 9.17) is 4.74 Å². The van der Waals surface area contributed by atoms with Gasteiger partial charge in [-0.3, -0.25) is 4.98 Å². The van der Waals surface area contributed by atoms with Crippen molar-refractivity contribution in [1.29, 1.82) is 0 Å². The van der Waals surface area contributed by atoms with Gasteiger partial charge in [0.15, 0.2) is 0 Å². The van der Waals surface area contributed by atoms with E-state index in [0.29, 0.717) is 0 Å². The van der Waals surface area contributed by atoms with E-state index < -0.39 is 0 Å². The lowest BCUT2D eigenvalue weighted by molar-refractivity contribution is 0.310. The van der Waals surface area contributed by atoms with Crippen LogP contribution in [0.25, 0.3) is 0 Å². The number of aromatic nitrogens is 1. The standard InChI is InChI=1S/C18H24N2O/c1-2-12-19-15-16-8-10-18(11-9-16)21-14-5-7-17-6-3-4-13-20-17/h3-4,6,8-11,13,19H,2,5,7,12,14-15H2,1H3. The van der Waals surface area contributed by atoms with Crippen LogP contribution in [0.3, 0.4) is 0 Å². The Hall–Kier alpha value is -1.87. The highest BCUT2D eigenvalue weighted by Gasteiger charge is 1.97. The van der Waals surface area contributed by atoms with E-state index in [2.05, 4.69) is 35.4 Å². The smallest absolute Gasteiger partial charge is 0.119 e. The van der Waals surface area contributed by atoms with Crippen LogP contribution in [0.4, 0.5) is 0 Å². The zero-order chi connectivity index (χ0) is 14.8. The quantitative estimate of drug-likeness (QED) is 0.715. The molecule has 0 saturated heterocycles. The van der Waals surface area contributed by atoms with Gasteiger partial charge in [0.25, 0.3) is 0 Å². The van der Waals surface area contributed by atoms with Gasteiger partial charge in [0.1, 0.15) is 5.75 Å². The number of benzene rings is 1. The molecular formula is C18H24N2O. The van der Waals surface area contributed by atoms with Crippen LogP contribution in [0, 0.1) is 0 Å². The number of nitrogens with zero attached hydrogens (tertiary/aromatic N) is 1. The van der Waals surface area contributed by atoms with Crippen molar-refractivity contribution < 1.29 is 4.74 Å². The van der Waals surface area contributed by atoms with Crippen LogP contribution in [0.5, 0.6) is 5.75 Å². The molecule has 112 valence electrons. The Morgan fingerprint density at radius 1 is 1.10 bits per heavy atom. The van der Waals surface area contributed by atoms with Gasteiger partial charge in [-0.25, -0.2) is 0 Å². The molecule has 0 aliphatic carbocycles. The second-order valence-corrected chi connectivity index (χ2v) is 5.09. The fourth-order valence-electron chi connectivity index (χ4n) is 2.10. The highest BCUT2D eigenvalue weighted by molar-refractivity contribution is 5.27. The molecule has 0 aliphatic rings. The summed E-state index contributed by atoms with van der Waals surface area (Å²) in [5.41, 5.74) is 2.42. The Balaban J connectivity index is 1.66. The number of hydrogen-bond donors (Lipinski definition) is 1. The van der Waals surface area contributed by atoms with Crippen molar-refractivity contribution in [3.63, 3.8) is 0 Å². The molecule has 0 spiro atoms. The maximum Gasteiger partial charge on any atom is 0.119 e. The number of pyridine rings is 1. The number of hydrogen-bond acceptors (Lipinski definition) is 3. The molecule has 0 fully saturated rings. The van der Waals surface area contributed by atoms with Crippen LogP contribution in [0.15, 0.2) is 48.7 Å². The minimum atomic E-state index is 0.726. The first-order valence-corrected chi connectivity index (χ1v) is 7.71. The zero-order valence-electron chi connectivity index (χ0n) is 12.7. The highest BCUT2D eigenvalue weighted by atomic mass is 16.5. The first kappa shape index (κ1) is 15.5. The third-order valence-corrected chi connectivity index (χ3v) is 3.25. The minimum Gasteiger partial charge on any atom is -0.494 e. The molecule has 0 amide bonds. The van der Waals surface area contributed by atoms with Gasteiger partial charge in [-0.2, -0.15) is 0 Å². The van der Waals surface area contributed by atoms with Crippen LogP contribution < -0.4 is 10.1 Å². The molecule has 2 aromatic rings. The van der Waals surface area contributed by atoms with E-state index in [1.54, 1.807) is 0 Å². The summed E-state index contributed by atoms with van der Waals surface area (Å²) in [6, 6.07) is 14.4. The summed E-state index contributed by atoms with van der Waals surface area (Å²) in [6.07, 6.45) is 4.94. The van der Waals surface area contributed by atoms with Gasteiger partial charge < -0.3 is 10.1 Å². The average Bonchev–Trinajstić information content (AvgIpc) is 2.54. The predicted octanol–water partition coefficient (Wildman–Crippen LogP) is 3.59. The second kappa shape index (κ2) is 9.14. The first-order chi connectivity index (χ1) is 10.4. The molecule has 1 aromatic heterocycles. The molecule has 21 heavy (non-hydrogen) atoms. The fraction of sp³-hybridized carbons (Fsp3) is 0.389. The van der Waals surface area contributed by atoms with Crippen molar-refractivity contribution >= 4 is 0 Å². The van der Waals surface area contributed by atoms with Crippen LogP contribution in [-0.2, 0) is 13.0 Å². The summed E-state index contributed by atoms with van der Waals surface area (Å²) in [5.74, 6) is 0.940. The maximum atomic E-state index is 5.76. The van der Waals surface area contributed by atoms with Crippen molar-refractivity contribution in [2.45, 2.75) is 32.7 Å². The Labute approximate surface area is 127 Å². The monoisotopic (exact) mass is 284 g/mol. The molecule has 2 rings (SSSR count). The van der Waals surface area contributed by atoms with Gasteiger partial charge in [-0.1, -0.05) is 25.1 Å². The number of nitrogens with one attached hydrogen (secondary N) is 1. The van der Waals surface area contributed by atoms with Crippen molar-refractivity contribution in [3.8, 4) is 5.75 Å². The Kier molecular flexibility index (Phi) is 6.75. The SMILES string of the molecule is CCCNCc1ccc(OCCCc2ccccn2)cc1. The molecule has 0 aliphatic heterocycles. The molecule has 1 heterocycles. The molecule has 3 nitrogen and oxygen atoms in total. The lowest BCUT2D eigenvalue weighted by Gasteiger charge is -2.08. The summed E-state index contributed by atoms with van der Waals surface area (Å²) in [6.45, 7) is 4.89. The van der Waals surface area contributed by atoms with E-state index in [1.165, 1.54) is 5.56 Å². The molecule has 0 atom stereocenters. The van der Waals surface area contributed by atoms with Gasteiger partial charge in [-0.05, 0) is 55.6 Å². The van der Waals surface area contributed by atoms with Gasteiger partial charge in [0, 0.05) is 18.4 Å². The largest absolute Gasteiger partial charge is 0.494 e. The molecule has 1 N–H and O–H groups in total. The Bertz CT molecular complexity index is 496. The van der Waals surface area contributed by atoms with Crippen LogP contribution in [-0.4, -0.2) is 18.1 Å². The van der Waals surface area contributed by atoms with Crippen LogP contribution in [0.2, 0.25) is 0 Å². The Morgan fingerprint density at radius 3 is 2.67 bits per heavy atom. The summed E-state index contributed by atoms with van der Waals surface area (Å²) in [5, 5.41) is 3.39. The lowest BCUT2D eigenvalue weighted by atomic mass is 10.2. The molecule has 1 aromatic carbocycles. The molecule has 0 radical (unpaired) electrons. The summed E-state index contributed by atoms with van der Waals surface area (Å²) < 4.78 is 5.76. The Morgan fingerprint density at radius 2 is 1.95 bits per heavy atom. The molecule has 0 unspecified atom stereocenters. The van der Waals surface area contributed by atoms with E-state index in [9.17, 15) is 0 Å². The van der Waals surface area contributed by atoms with Gasteiger partial charge in [-0.15, -0.1) is 0 Å².